The summed E-state index contributed by atoms with van der Waals surface area (Å²) in [4.78, 5) is 2.06. The number of hydrogen-bond donors (Lipinski definition) is 0. The molecule has 3 heteroatoms. The van der Waals surface area contributed by atoms with E-state index in [1.807, 2.05) is 38.4 Å². The lowest BCUT2D eigenvalue weighted by molar-refractivity contribution is 0.303. The van der Waals surface area contributed by atoms with Gasteiger partial charge < -0.3 is 4.90 Å². The SMILES string of the molecule is CN(C)C(CC#N)c1ccc(Br)cc1. The second-order valence-electron chi connectivity index (χ2n) is 3.39. The number of halogens is 1. The molecule has 74 valence electrons. The third kappa shape index (κ3) is 2.83. The van der Waals surface area contributed by atoms with Gasteiger partial charge in [-0.2, -0.15) is 5.26 Å². The highest BCUT2D eigenvalue weighted by atomic mass is 79.9. The zero-order chi connectivity index (χ0) is 10.6. The van der Waals surface area contributed by atoms with Gasteiger partial charge in [0.2, 0.25) is 0 Å². The van der Waals surface area contributed by atoms with Crippen molar-refractivity contribution in [3.63, 3.8) is 0 Å². The Morgan fingerprint density at radius 3 is 2.36 bits per heavy atom. The highest BCUT2D eigenvalue weighted by Crippen LogP contribution is 2.22. The molecule has 0 amide bonds. The predicted molar refractivity (Wildman–Crippen MR) is 60.8 cm³/mol. The Balaban J connectivity index is 2.89. The van der Waals surface area contributed by atoms with Gasteiger partial charge in [-0.1, -0.05) is 28.1 Å². The van der Waals surface area contributed by atoms with E-state index < -0.39 is 0 Å². The maximum absolute atomic E-state index is 8.72. The van der Waals surface area contributed by atoms with Gasteiger partial charge >= 0.3 is 0 Å². The predicted octanol–water partition coefficient (Wildman–Crippen LogP) is 2.97. The lowest BCUT2D eigenvalue weighted by Gasteiger charge is -2.22. The van der Waals surface area contributed by atoms with Crippen LogP contribution in [-0.2, 0) is 0 Å². The molecule has 0 saturated carbocycles. The summed E-state index contributed by atoms with van der Waals surface area (Å²) >= 11 is 3.39. The van der Waals surface area contributed by atoms with Crippen LogP contribution in [0.5, 0.6) is 0 Å². The first-order valence-corrected chi connectivity index (χ1v) is 5.23. The number of benzene rings is 1. The Kier molecular flexibility index (Phi) is 4.12. The van der Waals surface area contributed by atoms with Crippen molar-refractivity contribution in [3.8, 4) is 6.07 Å². The highest BCUT2D eigenvalue weighted by molar-refractivity contribution is 9.10. The molecule has 1 unspecified atom stereocenters. The normalized spacial score (nSPS) is 12.5. The fraction of sp³-hybridized carbons (Fsp3) is 0.364. The monoisotopic (exact) mass is 252 g/mol. The van der Waals surface area contributed by atoms with Crippen molar-refractivity contribution in [2.75, 3.05) is 14.1 Å². The van der Waals surface area contributed by atoms with Crippen molar-refractivity contribution in [3.05, 3.63) is 34.3 Å². The van der Waals surface area contributed by atoms with Gasteiger partial charge in [0.1, 0.15) is 0 Å². The molecule has 0 spiro atoms. The summed E-state index contributed by atoms with van der Waals surface area (Å²) in [6, 6.07) is 10.5. The molecule has 0 aliphatic carbocycles. The van der Waals surface area contributed by atoms with E-state index >= 15 is 0 Å². The Hall–Kier alpha value is -0.850. The molecular formula is C11H13BrN2. The molecule has 0 fully saturated rings. The summed E-state index contributed by atoms with van der Waals surface area (Å²) in [7, 11) is 3.98. The van der Waals surface area contributed by atoms with Crippen LogP contribution in [0.3, 0.4) is 0 Å². The Morgan fingerprint density at radius 1 is 1.36 bits per heavy atom. The van der Waals surface area contributed by atoms with E-state index in [0.717, 1.165) is 4.47 Å². The molecule has 1 rings (SSSR count). The van der Waals surface area contributed by atoms with E-state index in [-0.39, 0.29) is 6.04 Å². The first-order chi connectivity index (χ1) is 6.65. The van der Waals surface area contributed by atoms with Crippen molar-refractivity contribution < 1.29 is 0 Å². The fourth-order valence-electron chi connectivity index (χ4n) is 1.37. The molecule has 0 aliphatic heterocycles. The van der Waals surface area contributed by atoms with Crippen LogP contribution in [0.15, 0.2) is 28.7 Å². The van der Waals surface area contributed by atoms with Gasteiger partial charge in [0.05, 0.1) is 12.5 Å². The molecule has 14 heavy (non-hydrogen) atoms. The van der Waals surface area contributed by atoms with Gasteiger partial charge in [-0.25, -0.2) is 0 Å². The Morgan fingerprint density at radius 2 is 1.93 bits per heavy atom. The average molecular weight is 253 g/mol. The van der Waals surface area contributed by atoms with Crippen LogP contribution in [0.4, 0.5) is 0 Å². The van der Waals surface area contributed by atoms with Crippen molar-refractivity contribution in [1.29, 1.82) is 5.26 Å². The molecule has 0 heterocycles. The quantitative estimate of drug-likeness (QED) is 0.828. The van der Waals surface area contributed by atoms with Gasteiger partial charge in [0, 0.05) is 10.5 Å². The van der Waals surface area contributed by atoms with Crippen molar-refractivity contribution in [2.24, 2.45) is 0 Å². The van der Waals surface area contributed by atoms with Crippen LogP contribution < -0.4 is 0 Å². The van der Waals surface area contributed by atoms with Crippen LogP contribution in [-0.4, -0.2) is 19.0 Å². The molecule has 2 nitrogen and oxygen atoms in total. The number of nitrogens with zero attached hydrogens (tertiary/aromatic N) is 2. The lowest BCUT2D eigenvalue weighted by Crippen LogP contribution is -2.19. The molecule has 0 bridgehead atoms. The molecule has 0 N–H and O–H groups in total. The summed E-state index contributed by atoms with van der Waals surface area (Å²) in [6.45, 7) is 0. The van der Waals surface area contributed by atoms with E-state index in [2.05, 4.69) is 26.9 Å². The number of rotatable bonds is 3. The Labute approximate surface area is 93.3 Å². The van der Waals surface area contributed by atoms with Gasteiger partial charge in [-0.15, -0.1) is 0 Å². The largest absolute Gasteiger partial charge is 0.301 e. The first-order valence-electron chi connectivity index (χ1n) is 4.44. The maximum Gasteiger partial charge on any atom is 0.0641 e. The molecule has 1 atom stereocenters. The van der Waals surface area contributed by atoms with E-state index in [1.165, 1.54) is 5.56 Å². The van der Waals surface area contributed by atoms with Crippen LogP contribution in [0.2, 0.25) is 0 Å². The third-order valence-electron chi connectivity index (χ3n) is 2.16. The van der Waals surface area contributed by atoms with Gasteiger partial charge in [-0.3, -0.25) is 0 Å². The molecule has 0 aliphatic rings. The minimum atomic E-state index is 0.188. The summed E-state index contributed by atoms with van der Waals surface area (Å²) < 4.78 is 1.07. The Bertz CT molecular complexity index is 324. The second kappa shape index (κ2) is 5.14. The molecule has 0 saturated heterocycles. The zero-order valence-electron chi connectivity index (χ0n) is 8.37. The van der Waals surface area contributed by atoms with E-state index in [0.29, 0.717) is 6.42 Å². The lowest BCUT2D eigenvalue weighted by atomic mass is 10.0. The second-order valence-corrected chi connectivity index (χ2v) is 4.31. The summed E-state index contributed by atoms with van der Waals surface area (Å²) in [5, 5.41) is 8.72. The zero-order valence-corrected chi connectivity index (χ0v) is 9.95. The van der Waals surface area contributed by atoms with Crippen LogP contribution >= 0.6 is 15.9 Å². The molecule has 0 radical (unpaired) electrons. The molecule has 1 aromatic rings. The van der Waals surface area contributed by atoms with Gasteiger partial charge in [0.25, 0.3) is 0 Å². The number of nitriles is 1. The van der Waals surface area contributed by atoms with Gasteiger partial charge in [0.15, 0.2) is 0 Å². The molecule has 0 aromatic heterocycles. The number of hydrogen-bond acceptors (Lipinski definition) is 2. The third-order valence-corrected chi connectivity index (χ3v) is 2.69. The van der Waals surface area contributed by atoms with Crippen LogP contribution in [0.25, 0.3) is 0 Å². The summed E-state index contributed by atoms with van der Waals surface area (Å²) in [5.74, 6) is 0. The molecule has 1 aromatic carbocycles. The van der Waals surface area contributed by atoms with Crippen molar-refractivity contribution >= 4 is 15.9 Å². The maximum atomic E-state index is 8.72. The van der Waals surface area contributed by atoms with E-state index in [9.17, 15) is 0 Å². The van der Waals surface area contributed by atoms with Crippen molar-refractivity contribution in [2.45, 2.75) is 12.5 Å². The van der Waals surface area contributed by atoms with Crippen molar-refractivity contribution in [1.82, 2.24) is 4.90 Å². The topological polar surface area (TPSA) is 27.0 Å². The smallest absolute Gasteiger partial charge is 0.0641 e. The fourth-order valence-corrected chi connectivity index (χ4v) is 1.63. The van der Waals surface area contributed by atoms with Gasteiger partial charge in [-0.05, 0) is 31.8 Å². The first kappa shape index (κ1) is 11.2. The standard InChI is InChI=1S/C11H13BrN2/c1-14(2)11(7-8-13)9-3-5-10(12)6-4-9/h3-6,11H,7H2,1-2H3. The van der Waals surface area contributed by atoms with Crippen LogP contribution in [0, 0.1) is 11.3 Å². The molecular weight excluding hydrogens is 240 g/mol. The van der Waals surface area contributed by atoms with E-state index in [1.54, 1.807) is 0 Å². The summed E-state index contributed by atoms with van der Waals surface area (Å²) in [6.07, 6.45) is 0.522. The minimum absolute atomic E-state index is 0.188. The van der Waals surface area contributed by atoms with E-state index in [4.69, 9.17) is 5.26 Å². The van der Waals surface area contributed by atoms with Crippen LogP contribution in [0.1, 0.15) is 18.0 Å². The average Bonchev–Trinajstić information content (AvgIpc) is 2.15. The summed E-state index contributed by atoms with van der Waals surface area (Å²) in [5.41, 5.74) is 1.18. The highest BCUT2D eigenvalue weighted by Gasteiger charge is 2.12. The minimum Gasteiger partial charge on any atom is -0.301 e.